The van der Waals surface area contributed by atoms with Gasteiger partial charge in [0.1, 0.15) is 5.69 Å². The number of ketones is 1. The third-order valence-corrected chi connectivity index (χ3v) is 4.61. The minimum atomic E-state index is -5.20. The first-order valence-electron chi connectivity index (χ1n) is 8.53. The fourth-order valence-electron chi connectivity index (χ4n) is 3.08. The molecule has 0 aliphatic heterocycles. The summed E-state index contributed by atoms with van der Waals surface area (Å²) in [6, 6.07) is 12.3. The topological polar surface area (TPSA) is 50.2 Å². The zero-order chi connectivity index (χ0) is 22.1. The van der Waals surface area contributed by atoms with E-state index in [4.69, 9.17) is 11.6 Å². The standard InChI is InChI=1S/C21H13ClF5NO2/c22-13-8-6-12(7-9-13)18(30)16-15(11-4-2-1-3-5-11)14(10-29)17(20(23)24)28-19(16)21(25,26)27/h1-9,20,29H,10H2. The normalized spacial score (nSPS) is 11.7. The molecule has 3 rings (SSSR count). The van der Waals surface area contributed by atoms with Gasteiger partial charge >= 0.3 is 6.18 Å². The van der Waals surface area contributed by atoms with E-state index in [1.54, 1.807) is 6.07 Å². The number of halogens is 6. The lowest BCUT2D eigenvalue weighted by molar-refractivity contribution is -0.141. The van der Waals surface area contributed by atoms with Gasteiger partial charge in [-0.15, -0.1) is 0 Å². The fraction of sp³-hybridized carbons (Fsp3) is 0.143. The Kier molecular flexibility index (Phi) is 6.19. The second-order valence-corrected chi connectivity index (χ2v) is 6.67. The second kappa shape index (κ2) is 8.49. The minimum absolute atomic E-state index is 0.0636. The Morgan fingerprint density at radius 1 is 1.03 bits per heavy atom. The number of carbonyl (C=O) groups excluding carboxylic acids is 1. The molecule has 1 N–H and O–H groups in total. The van der Waals surface area contributed by atoms with Crippen LogP contribution in [0.1, 0.15) is 39.3 Å². The van der Waals surface area contributed by atoms with Crippen LogP contribution >= 0.6 is 11.6 Å². The van der Waals surface area contributed by atoms with Crippen LogP contribution in [0, 0.1) is 0 Å². The van der Waals surface area contributed by atoms with Crippen molar-refractivity contribution in [1.82, 2.24) is 4.98 Å². The maximum absolute atomic E-state index is 13.8. The van der Waals surface area contributed by atoms with E-state index < -0.39 is 53.1 Å². The molecule has 0 spiro atoms. The maximum Gasteiger partial charge on any atom is 0.434 e. The number of aliphatic hydroxyl groups excluding tert-OH is 1. The summed E-state index contributed by atoms with van der Waals surface area (Å²) in [5.74, 6) is -1.08. The minimum Gasteiger partial charge on any atom is -0.392 e. The first-order valence-corrected chi connectivity index (χ1v) is 8.91. The van der Waals surface area contributed by atoms with Crippen molar-refractivity contribution in [2.24, 2.45) is 0 Å². The van der Waals surface area contributed by atoms with Crippen molar-refractivity contribution in [3.63, 3.8) is 0 Å². The molecule has 0 saturated carbocycles. The van der Waals surface area contributed by atoms with Gasteiger partial charge in [0.05, 0.1) is 12.2 Å². The van der Waals surface area contributed by atoms with Gasteiger partial charge in [-0.3, -0.25) is 4.79 Å². The van der Waals surface area contributed by atoms with E-state index in [2.05, 4.69) is 4.98 Å². The van der Waals surface area contributed by atoms with Crippen LogP contribution in [0.5, 0.6) is 0 Å². The number of benzene rings is 2. The molecule has 0 amide bonds. The highest BCUT2D eigenvalue weighted by Crippen LogP contribution is 2.41. The molecular formula is C21H13ClF5NO2. The third-order valence-electron chi connectivity index (χ3n) is 4.36. The van der Waals surface area contributed by atoms with Crippen molar-refractivity contribution < 1.29 is 31.9 Å². The van der Waals surface area contributed by atoms with Crippen molar-refractivity contribution in [2.75, 3.05) is 0 Å². The Bertz CT molecular complexity index is 1070. The molecule has 3 aromatic rings. The zero-order valence-corrected chi connectivity index (χ0v) is 15.8. The highest BCUT2D eigenvalue weighted by molar-refractivity contribution is 6.30. The zero-order valence-electron chi connectivity index (χ0n) is 15.1. The van der Waals surface area contributed by atoms with E-state index in [0.717, 1.165) is 0 Å². The van der Waals surface area contributed by atoms with Gasteiger partial charge in [-0.25, -0.2) is 13.8 Å². The number of nitrogens with zero attached hydrogens (tertiary/aromatic N) is 1. The van der Waals surface area contributed by atoms with Crippen LogP contribution in [0.3, 0.4) is 0 Å². The highest BCUT2D eigenvalue weighted by Gasteiger charge is 2.41. The molecule has 0 bridgehead atoms. The SMILES string of the molecule is O=C(c1ccc(Cl)cc1)c1c(C(F)(F)F)nc(C(F)F)c(CO)c1-c1ccccc1. The van der Waals surface area contributed by atoms with E-state index in [1.807, 2.05) is 0 Å². The molecule has 0 fully saturated rings. The molecule has 0 atom stereocenters. The van der Waals surface area contributed by atoms with Gasteiger partial charge in [0, 0.05) is 21.7 Å². The predicted molar refractivity (Wildman–Crippen MR) is 100 cm³/mol. The van der Waals surface area contributed by atoms with Gasteiger partial charge in [0.2, 0.25) is 0 Å². The van der Waals surface area contributed by atoms with E-state index in [1.165, 1.54) is 48.5 Å². The lowest BCUT2D eigenvalue weighted by Gasteiger charge is -2.21. The van der Waals surface area contributed by atoms with Crippen LogP contribution in [0.25, 0.3) is 11.1 Å². The summed E-state index contributed by atoms with van der Waals surface area (Å²) in [6.45, 7) is -1.03. The van der Waals surface area contributed by atoms with Gasteiger partial charge in [-0.1, -0.05) is 41.9 Å². The molecule has 30 heavy (non-hydrogen) atoms. The highest BCUT2D eigenvalue weighted by atomic mass is 35.5. The van der Waals surface area contributed by atoms with Crippen LogP contribution in [-0.2, 0) is 12.8 Å². The first kappa shape index (κ1) is 21.9. The van der Waals surface area contributed by atoms with Crippen molar-refractivity contribution in [1.29, 1.82) is 0 Å². The average molecular weight is 442 g/mol. The molecule has 0 aliphatic carbocycles. The van der Waals surface area contributed by atoms with Gasteiger partial charge in [0.25, 0.3) is 6.43 Å². The summed E-state index contributed by atoms with van der Waals surface area (Å²) < 4.78 is 68.5. The van der Waals surface area contributed by atoms with E-state index in [0.29, 0.717) is 0 Å². The number of hydrogen-bond donors (Lipinski definition) is 1. The number of aliphatic hydroxyl groups is 1. The lowest BCUT2D eigenvalue weighted by Crippen LogP contribution is -2.21. The maximum atomic E-state index is 13.8. The molecular weight excluding hydrogens is 429 g/mol. The number of alkyl halides is 5. The van der Waals surface area contributed by atoms with Crippen LogP contribution in [0.2, 0.25) is 5.02 Å². The van der Waals surface area contributed by atoms with Crippen LogP contribution in [-0.4, -0.2) is 15.9 Å². The van der Waals surface area contributed by atoms with E-state index >= 15 is 0 Å². The quantitative estimate of drug-likeness (QED) is 0.385. The molecule has 1 aromatic heterocycles. The molecule has 3 nitrogen and oxygen atoms in total. The number of rotatable bonds is 5. The summed E-state index contributed by atoms with van der Waals surface area (Å²) >= 11 is 5.78. The summed E-state index contributed by atoms with van der Waals surface area (Å²) in [4.78, 5) is 16.2. The molecule has 9 heteroatoms. The van der Waals surface area contributed by atoms with Gasteiger partial charge in [-0.2, -0.15) is 13.2 Å². The fourth-order valence-corrected chi connectivity index (χ4v) is 3.20. The lowest BCUT2D eigenvalue weighted by atomic mass is 9.88. The first-order chi connectivity index (χ1) is 14.1. The predicted octanol–water partition coefficient (Wildman–Crippen LogP) is 6.08. The molecule has 0 aliphatic rings. The van der Waals surface area contributed by atoms with Crippen LogP contribution in [0.4, 0.5) is 22.0 Å². The molecule has 156 valence electrons. The number of aromatic nitrogens is 1. The largest absolute Gasteiger partial charge is 0.434 e. The average Bonchev–Trinajstić information content (AvgIpc) is 2.72. The Labute approximate surface area is 172 Å². The smallest absolute Gasteiger partial charge is 0.392 e. The number of hydrogen-bond acceptors (Lipinski definition) is 3. The summed E-state index contributed by atoms with van der Waals surface area (Å²) in [5, 5.41) is 9.99. The van der Waals surface area contributed by atoms with Gasteiger partial charge in [-0.05, 0) is 29.8 Å². The van der Waals surface area contributed by atoms with Gasteiger partial charge in [0.15, 0.2) is 11.5 Å². The van der Waals surface area contributed by atoms with Gasteiger partial charge < -0.3 is 5.11 Å². The molecule has 0 unspecified atom stereocenters. The molecule has 0 radical (unpaired) electrons. The Morgan fingerprint density at radius 3 is 2.13 bits per heavy atom. The summed E-state index contributed by atoms with van der Waals surface area (Å²) in [7, 11) is 0. The van der Waals surface area contributed by atoms with Crippen molar-refractivity contribution in [2.45, 2.75) is 19.2 Å². The Morgan fingerprint density at radius 2 is 1.63 bits per heavy atom. The second-order valence-electron chi connectivity index (χ2n) is 6.23. The Hall–Kier alpha value is -2.84. The summed E-state index contributed by atoms with van der Waals surface area (Å²) in [6.07, 6.45) is -8.59. The van der Waals surface area contributed by atoms with Crippen molar-refractivity contribution in [3.05, 3.63) is 87.7 Å². The molecule has 0 saturated heterocycles. The monoisotopic (exact) mass is 441 g/mol. The van der Waals surface area contributed by atoms with E-state index in [9.17, 15) is 31.9 Å². The van der Waals surface area contributed by atoms with Crippen molar-refractivity contribution >= 4 is 17.4 Å². The molecule has 2 aromatic carbocycles. The molecule has 1 heterocycles. The van der Waals surface area contributed by atoms with Crippen molar-refractivity contribution in [3.8, 4) is 11.1 Å². The summed E-state index contributed by atoms with van der Waals surface area (Å²) in [5.41, 5.74) is -4.93. The van der Waals surface area contributed by atoms with Crippen LogP contribution < -0.4 is 0 Å². The van der Waals surface area contributed by atoms with Crippen LogP contribution in [0.15, 0.2) is 54.6 Å². The number of carbonyl (C=O) groups is 1. The van der Waals surface area contributed by atoms with E-state index in [-0.39, 0.29) is 16.1 Å². The number of pyridine rings is 1. The third kappa shape index (κ3) is 4.20. The Balaban J connectivity index is 2.46.